The van der Waals surface area contributed by atoms with Gasteiger partial charge in [0.05, 0.1) is 0 Å². The predicted octanol–water partition coefficient (Wildman–Crippen LogP) is 13.6. The molecule has 0 amide bonds. The molecule has 1 atom stereocenters. The van der Waals surface area contributed by atoms with E-state index in [4.69, 9.17) is 0 Å². The van der Waals surface area contributed by atoms with Crippen molar-refractivity contribution in [1.29, 1.82) is 0 Å². The summed E-state index contributed by atoms with van der Waals surface area (Å²) in [7, 11) is 0.252. The molecule has 0 saturated heterocycles. The molecule has 17 rings (SSSR count). The molecule has 0 aromatic rings. The van der Waals surface area contributed by atoms with Gasteiger partial charge in [0.2, 0.25) is 0 Å². The summed E-state index contributed by atoms with van der Waals surface area (Å²) >= 11 is 0. The van der Waals surface area contributed by atoms with E-state index in [1.807, 2.05) is 12.3 Å². The maximum absolute atomic E-state index is 2.76. The minimum atomic E-state index is 0.126. The molecule has 17 aliphatic carbocycles. The zero-order valence-electron chi connectivity index (χ0n) is 32.4. The molecule has 0 aliphatic heterocycles. The van der Waals surface area contributed by atoms with E-state index in [0.717, 1.165) is 103 Å². The van der Waals surface area contributed by atoms with Crippen LogP contribution in [0, 0.1) is 82.3 Å². The normalized spacial score (nSPS) is 62.9. The molecule has 1 unspecified atom stereocenters. The molecule has 50 heavy (non-hydrogen) atoms. The highest BCUT2D eigenvalue weighted by Crippen LogP contribution is 2.84. The van der Waals surface area contributed by atoms with Crippen LogP contribution in [0.3, 0.4) is 0 Å². The van der Waals surface area contributed by atoms with Gasteiger partial charge in [0.25, 0.3) is 0 Å². The van der Waals surface area contributed by atoms with Gasteiger partial charge in [-0.3, -0.25) is 0 Å². The van der Waals surface area contributed by atoms with E-state index in [0.29, 0.717) is 0 Å². The molecule has 0 heterocycles. The van der Waals surface area contributed by atoms with E-state index < -0.39 is 0 Å². The van der Waals surface area contributed by atoms with Crippen LogP contribution in [0.2, 0.25) is 0 Å². The third-order valence-electron chi connectivity index (χ3n) is 21.2. The van der Waals surface area contributed by atoms with Crippen LogP contribution in [-0.2, 0) is 0 Å². The Bertz CT molecular complexity index is 1060. The van der Waals surface area contributed by atoms with Crippen LogP contribution < -0.4 is 0 Å². The summed E-state index contributed by atoms with van der Waals surface area (Å²) in [6, 6.07) is 0. The molecule has 0 aromatic heterocycles. The first-order valence-corrected chi connectivity index (χ1v) is 26.8. The minimum absolute atomic E-state index is 0.126. The van der Waals surface area contributed by atoms with Crippen LogP contribution in [-0.4, -0.2) is 32.9 Å². The first kappa shape index (κ1) is 32.0. The van der Waals surface area contributed by atoms with E-state index in [1.165, 1.54) is 0 Å². The summed E-state index contributed by atoms with van der Waals surface area (Å²) in [6.07, 6.45) is 49.4. The lowest BCUT2D eigenvalue weighted by molar-refractivity contribution is 0.0170. The Labute approximate surface area is 310 Å². The van der Waals surface area contributed by atoms with E-state index in [2.05, 4.69) is 6.92 Å². The molecule has 17 fully saturated rings. The first-order chi connectivity index (χ1) is 24.2. The standard InChI is InChI=1S/C48H74P2/c1-31-2-3-44(16-31,29-49(45-17-32-4-33(18-45)6-34(5-32)19-45)46-20-35-7-36(21-46)9-37(8-35)22-46)30-50(47-23-38-10-39(24-47)12-40(11-38)25-47)48-26-41-13-42(27-48)15-43(14-41)28-48/h31-43H,2-30H2,1H3. The van der Waals surface area contributed by atoms with Crippen molar-refractivity contribution in [2.45, 2.75) is 201 Å². The molecule has 2 heteroatoms. The molecule has 0 aromatic carbocycles. The van der Waals surface area contributed by atoms with E-state index in [-0.39, 0.29) is 15.8 Å². The lowest BCUT2D eigenvalue weighted by Crippen LogP contribution is -2.59. The molecule has 0 spiro atoms. The third-order valence-corrected chi connectivity index (χ3v) is 30.0. The monoisotopic (exact) mass is 713 g/mol. The summed E-state index contributed by atoms with van der Waals surface area (Å²) < 4.78 is 0. The zero-order chi connectivity index (χ0) is 32.7. The van der Waals surface area contributed by atoms with Crippen molar-refractivity contribution in [1.82, 2.24) is 0 Å². The Morgan fingerprint density at radius 2 is 0.560 bits per heavy atom. The summed E-state index contributed by atoms with van der Waals surface area (Å²) in [6.45, 7) is 2.76. The maximum Gasteiger partial charge on any atom is -0.00813 e. The lowest BCUT2D eigenvalue weighted by Gasteiger charge is -2.70. The Balaban J connectivity index is 0.928. The van der Waals surface area contributed by atoms with Crippen LogP contribution in [0.25, 0.3) is 0 Å². The molecule has 0 N–H and O–H groups in total. The van der Waals surface area contributed by atoms with Gasteiger partial charge in [-0.1, -0.05) is 29.2 Å². The Kier molecular flexibility index (Phi) is 6.93. The fourth-order valence-corrected chi connectivity index (χ4v) is 33.2. The van der Waals surface area contributed by atoms with Gasteiger partial charge >= 0.3 is 0 Å². The molecular weight excluding hydrogens is 638 g/mol. The van der Waals surface area contributed by atoms with E-state index in [1.54, 1.807) is 173 Å². The van der Waals surface area contributed by atoms with Crippen molar-refractivity contribution < 1.29 is 0 Å². The van der Waals surface area contributed by atoms with Gasteiger partial charge in [0, 0.05) is 0 Å². The van der Waals surface area contributed by atoms with E-state index >= 15 is 0 Å². The van der Waals surface area contributed by atoms with Gasteiger partial charge in [-0.05, 0) is 282 Å². The fourth-order valence-electron chi connectivity index (χ4n) is 21.8. The van der Waals surface area contributed by atoms with Gasteiger partial charge in [0.15, 0.2) is 0 Å². The molecule has 0 radical (unpaired) electrons. The maximum atomic E-state index is 2.76. The smallest absolute Gasteiger partial charge is 0.00813 e. The van der Waals surface area contributed by atoms with Gasteiger partial charge < -0.3 is 0 Å². The number of hydrogen-bond acceptors (Lipinski definition) is 0. The molecule has 276 valence electrons. The predicted molar refractivity (Wildman–Crippen MR) is 213 cm³/mol. The van der Waals surface area contributed by atoms with Crippen molar-refractivity contribution in [2.24, 2.45) is 82.3 Å². The van der Waals surface area contributed by atoms with Crippen molar-refractivity contribution in [3.8, 4) is 0 Å². The van der Waals surface area contributed by atoms with Crippen LogP contribution in [0.15, 0.2) is 0 Å². The van der Waals surface area contributed by atoms with Gasteiger partial charge in [0.1, 0.15) is 0 Å². The topological polar surface area (TPSA) is 0 Å². The van der Waals surface area contributed by atoms with Gasteiger partial charge in [-0.2, -0.15) is 0 Å². The number of hydrogen-bond donors (Lipinski definition) is 0. The molecule has 16 bridgehead atoms. The SMILES string of the molecule is CC1CCC(CP(C23CC4CC(CC(C4)C2)C3)C23CC4CC(CC(C4)C2)C3)(CP(C23CC4CC(CC(C4)C2)C3)C23CC4CC(CC(C4)C2)C3)C1. The summed E-state index contributed by atoms with van der Waals surface area (Å²) in [4.78, 5) is 0. The van der Waals surface area contributed by atoms with Crippen LogP contribution in [0.1, 0.15) is 180 Å². The quantitative estimate of drug-likeness (QED) is 0.220. The Morgan fingerprint density at radius 1 is 0.340 bits per heavy atom. The molecule has 0 nitrogen and oxygen atoms in total. The first-order valence-electron chi connectivity index (χ1n) is 23.8. The van der Waals surface area contributed by atoms with Crippen molar-refractivity contribution in [3.63, 3.8) is 0 Å². The molecule has 17 aliphatic rings. The second kappa shape index (κ2) is 10.8. The Hall–Kier alpha value is 0.860. The number of rotatable bonds is 8. The summed E-state index contributed by atoms with van der Waals surface area (Å²) in [5.41, 5.74) is 0.746. The van der Waals surface area contributed by atoms with Gasteiger partial charge in [-0.15, -0.1) is 0 Å². The van der Waals surface area contributed by atoms with Crippen molar-refractivity contribution in [2.75, 3.05) is 12.3 Å². The zero-order valence-corrected chi connectivity index (χ0v) is 34.2. The summed E-state index contributed by atoms with van der Waals surface area (Å²) in [5, 5.41) is 3.33. The minimum Gasteiger partial charge on any atom is -0.0933 e. The van der Waals surface area contributed by atoms with Crippen LogP contribution in [0.5, 0.6) is 0 Å². The summed E-state index contributed by atoms with van der Waals surface area (Å²) in [5.74, 6) is 14.8. The average Bonchev–Trinajstić information content (AvgIpc) is 3.40. The van der Waals surface area contributed by atoms with Crippen molar-refractivity contribution >= 4 is 15.8 Å². The third kappa shape index (κ3) is 4.73. The second-order valence-electron chi connectivity index (χ2n) is 25.1. The second-order valence-corrected chi connectivity index (χ2v) is 31.2. The highest BCUT2D eigenvalue weighted by Gasteiger charge is 2.67. The van der Waals surface area contributed by atoms with Crippen LogP contribution >= 0.6 is 15.8 Å². The van der Waals surface area contributed by atoms with Gasteiger partial charge in [-0.25, -0.2) is 0 Å². The Morgan fingerprint density at radius 3 is 0.740 bits per heavy atom. The highest BCUT2D eigenvalue weighted by atomic mass is 31.1. The largest absolute Gasteiger partial charge is 0.0933 e. The average molecular weight is 713 g/mol. The van der Waals surface area contributed by atoms with Crippen molar-refractivity contribution in [3.05, 3.63) is 0 Å². The molecular formula is C48H74P2. The lowest BCUT2D eigenvalue weighted by atomic mass is 9.55. The van der Waals surface area contributed by atoms with E-state index in [9.17, 15) is 0 Å². The highest BCUT2D eigenvalue weighted by molar-refractivity contribution is 7.62. The molecule has 17 saturated carbocycles. The fraction of sp³-hybridized carbons (Fsp3) is 1.00. The van der Waals surface area contributed by atoms with Crippen LogP contribution in [0.4, 0.5) is 0 Å².